The molecule has 0 amide bonds. The molecule has 0 saturated heterocycles. The van der Waals surface area contributed by atoms with E-state index in [1.54, 1.807) is 24.3 Å². The summed E-state index contributed by atoms with van der Waals surface area (Å²) in [5.74, 6) is -3.15. The van der Waals surface area contributed by atoms with Gasteiger partial charge in [0.2, 0.25) is 0 Å². The highest BCUT2D eigenvalue weighted by atomic mass is 35.5. The first kappa shape index (κ1) is 14.5. The molecule has 0 fully saturated rings. The molecule has 0 spiro atoms. The van der Waals surface area contributed by atoms with Crippen LogP contribution in [0.3, 0.4) is 0 Å². The summed E-state index contributed by atoms with van der Waals surface area (Å²) in [5, 5.41) is 18.2. The first-order valence-electron chi connectivity index (χ1n) is 5.36. The van der Waals surface area contributed by atoms with E-state index < -0.39 is 23.9 Å². The fraction of sp³-hybridized carbons (Fsp3) is 0.333. The average molecular weight is 272 g/mol. The molecule has 1 aromatic carbocycles. The zero-order valence-electron chi connectivity index (χ0n) is 9.54. The number of hydrogen-bond acceptors (Lipinski definition) is 3. The van der Waals surface area contributed by atoms with Gasteiger partial charge in [-0.1, -0.05) is 29.8 Å². The number of aliphatic carboxylic acids is 2. The molecule has 0 saturated carbocycles. The topological polar surface area (TPSA) is 101 Å². The summed E-state index contributed by atoms with van der Waals surface area (Å²) >= 11 is 5.93. The lowest BCUT2D eigenvalue weighted by atomic mass is 9.93. The molecule has 0 radical (unpaired) electrons. The van der Waals surface area contributed by atoms with Crippen LogP contribution in [0.1, 0.15) is 12.0 Å². The van der Waals surface area contributed by atoms with Gasteiger partial charge in [0, 0.05) is 5.02 Å². The van der Waals surface area contributed by atoms with Gasteiger partial charge in [-0.25, -0.2) is 0 Å². The van der Waals surface area contributed by atoms with Crippen LogP contribution in [0.4, 0.5) is 0 Å². The largest absolute Gasteiger partial charge is 0.481 e. The predicted octanol–water partition coefficient (Wildman–Crippen LogP) is 1.39. The Balaban J connectivity index is 2.78. The van der Waals surface area contributed by atoms with E-state index in [9.17, 15) is 9.59 Å². The van der Waals surface area contributed by atoms with E-state index in [4.69, 9.17) is 27.5 Å². The fourth-order valence-electron chi connectivity index (χ4n) is 1.61. The van der Waals surface area contributed by atoms with Crippen molar-refractivity contribution in [2.75, 3.05) is 0 Å². The maximum Gasteiger partial charge on any atom is 0.320 e. The molecule has 1 aromatic rings. The predicted molar refractivity (Wildman–Crippen MR) is 66.5 cm³/mol. The second-order valence-electron chi connectivity index (χ2n) is 4.01. The van der Waals surface area contributed by atoms with Gasteiger partial charge in [-0.3, -0.25) is 9.59 Å². The number of benzene rings is 1. The van der Waals surface area contributed by atoms with E-state index in [1.807, 2.05) is 0 Å². The number of hydrogen-bond donors (Lipinski definition) is 3. The van der Waals surface area contributed by atoms with Crippen LogP contribution in [0, 0.1) is 5.92 Å². The molecular formula is C12H14ClNO4. The molecule has 0 heterocycles. The molecule has 0 aromatic heterocycles. The molecule has 1 rings (SSSR count). The van der Waals surface area contributed by atoms with Crippen molar-refractivity contribution in [3.8, 4) is 0 Å². The van der Waals surface area contributed by atoms with Gasteiger partial charge in [0.1, 0.15) is 6.04 Å². The summed E-state index contributed by atoms with van der Waals surface area (Å²) in [6.07, 6.45) is 0.0336. The Bertz CT molecular complexity index is 449. The van der Waals surface area contributed by atoms with Crippen LogP contribution in [0.2, 0.25) is 5.02 Å². The summed E-state index contributed by atoms with van der Waals surface area (Å²) in [7, 11) is 0. The van der Waals surface area contributed by atoms with Gasteiger partial charge >= 0.3 is 11.9 Å². The van der Waals surface area contributed by atoms with Crippen LogP contribution in [0.15, 0.2) is 24.3 Å². The highest BCUT2D eigenvalue weighted by Crippen LogP contribution is 2.21. The highest BCUT2D eigenvalue weighted by Gasteiger charge is 2.25. The number of nitrogens with two attached hydrogens (primary N) is 1. The number of halogens is 1. The van der Waals surface area contributed by atoms with Crippen molar-refractivity contribution in [2.24, 2.45) is 11.7 Å². The normalized spacial score (nSPS) is 13.9. The summed E-state index contributed by atoms with van der Waals surface area (Å²) in [6.45, 7) is 0. The molecule has 0 aliphatic carbocycles. The summed E-state index contributed by atoms with van der Waals surface area (Å²) in [6, 6.07) is 5.67. The second kappa shape index (κ2) is 6.37. The molecule has 4 N–H and O–H groups in total. The monoisotopic (exact) mass is 271 g/mol. The minimum absolute atomic E-state index is 0.129. The van der Waals surface area contributed by atoms with Gasteiger partial charge in [-0.15, -0.1) is 0 Å². The molecule has 18 heavy (non-hydrogen) atoms. The average Bonchev–Trinajstić information content (AvgIpc) is 2.30. The lowest BCUT2D eigenvalue weighted by Crippen LogP contribution is -2.35. The van der Waals surface area contributed by atoms with Crippen molar-refractivity contribution in [3.05, 3.63) is 34.9 Å². The van der Waals surface area contributed by atoms with Crippen LogP contribution < -0.4 is 5.73 Å². The Morgan fingerprint density at radius 2 is 1.83 bits per heavy atom. The van der Waals surface area contributed by atoms with Crippen LogP contribution >= 0.6 is 11.6 Å². The van der Waals surface area contributed by atoms with Gasteiger partial charge in [0.15, 0.2) is 0 Å². The minimum atomic E-state index is -1.21. The first-order valence-corrected chi connectivity index (χ1v) is 5.74. The third-order valence-corrected chi connectivity index (χ3v) is 3.00. The Morgan fingerprint density at radius 3 is 2.33 bits per heavy atom. The van der Waals surface area contributed by atoms with E-state index in [2.05, 4.69) is 0 Å². The zero-order valence-corrected chi connectivity index (χ0v) is 10.3. The molecular weight excluding hydrogens is 258 g/mol. The van der Waals surface area contributed by atoms with E-state index in [0.717, 1.165) is 0 Å². The zero-order chi connectivity index (χ0) is 13.7. The Labute approximate surface area is 109 Å². The van der Waals surface area contributed by atoms with Crippen LogP contribution in [0.5, 0.6) is 0 Å². The van der Waals surface area contributed by atoms with Crippen LogP contribution in [-0.2, 0) is 16.0 Å². The third kappa shape index (κ3) is 4.01. The SMILES string of the molecule is N[C@H](C[C@@H](Cc1ccccc1Cl)C(=O)O)C(=O)O. The molecule has 2 atom stereocenters. The lowest BCUT2D eigenvalue weighted by molar-refractivity contribution is -0.143. The summed E-state index contributed by atoms with van der Waals surface area (Å²) < 4.78 is 0. The number of carboxylic acids is 2. The maximum atomic E-state index is 11.1. The fourth-order valence-corrected chi connectivity index (χ4v) is 1.82. The molecule has 98 valence electrons. The number of carbonyl (C=O) groups is 2. The summed E-state index contributed by atoms with van der Waals surface area (Å²) in [4.78, 5) is 21.7. The second-order valence-corrected chi connectivity index (χ2v) is 4.42. The molecule has 0 bridgehead atoms. The Hall–Kier alpha value is -1.59. The van der Waals surface area contributed by atoms with Gasteiger partial charge in [-0.05, 0) is 24.5 Å². The van der Waals surface area contributed by atoms with Gasteiger partial charge < -0.3 is 15.9 Å². The summed E-state index contributed by atoms with van der Waals surface area (Å²) in [5.41, 5.74) is 6.02. The van der Waals surface area contributed by atoms with E-state index in [1.165, 1.54) is 0 Å². The smallest absolute Gasteiger partial charge is 0.320 e. The van der Waals surface area contributed by atoms with Crippen LogP contribution in [-0.4, -0.2) is 28.2 Å². The van der Waals surface area contributed by atoms with Crippen LogP contribution in [0.25, 0.3) is 0 Å². The lowest BCUT2D eigenvalue weighted by Gasteiger charge is -2.15. The standard InChI is InChI=1S/C12H14ClNO4/c13-9-4-2-1-3-7(9)5-8(11(15)16)6-10(14)12(17)18/h1-4,8,10H,5-6,14H2,(H,15,16)(H,17,18)/t8-,10-/m1/s1. The van der Waals surface area contributed by atoms with E-state index >= 15 is 0 Å². The van der Waals surface area contributed by atoms with Gasteiger partial charge in [0.05, 0.1) is 5.92 Å². The van der Waals surface area contributed by atoms with E-state index in [0.29, 0.717) is 10.6 Å². The van der Waals surface area contributed by atoms with Crippen molar-refractivity contribution >= 4 is 23.5 Å². The van der Waals surface area contributed by atoms with Crippen molar-refractivity contribution in [1.82, 2.24) is 0 Å². The molecule has 0 aliphatic rings. The molecule has 5 nitrogen and oxygen atoms in total. The molecule has 6 heteroatoms. The van der Waals surface area contributed by atoms with Gasteiger partial charge in [0.25, 0.3) is 0 Å². The number of carboxylic acid groups (broad SMARTS) is 2. The number of rotatable bonds is 6. The van der Waals surface area contributed by atoms with Crippen molar-refractivity contribution in [3.63, 3.8) is 0 Å². The minimum Gasteiger partial charge on any atom is -0.481 e. The quantitative estimate of drug-likeness (QED) is 0.726. The first-order chi connectivity index (χ1) is 8.41. The third-order valence-electron chi connectivity index (χ3n) is 2.63. The molecule has 0 aliphatic heterocycles. The Morgan fingerprint density at radius 1 is 1.22 bits per heavy atom. The molecule has 0 unspecified atom stereocenters. The van der Waals surface area contributed by atoms with Crippen molar-refractivity contribution < 1.29 is 19.8 Å². The van der Waals surface area contributed by atoms with E-state index in [-0.39, 0.29) is 12.8 Å². The highest BCUT2D eigenvalue weighted by molar-refractivity contribution is 6.31. The van der Waals surface area contributed by atoms with Gasteiger partial charge in [-0.2, -0.15) is 0 Å². The van der Waals surface area contributed by atoms with Crippen molar-refractivity contribution in [2.45, 2.75) is 18.9 Å². The maximum absolute atomic E-state index is 11.1. The van der Waals surface area contributed by atoms with Crippen molar-refractivity contribution in [1.29, 1.82) is 0 Å². The Kier molecular flexibility index (Phi) is 5.12.